The highest BCUT2D eigenvalue weighted by molar-refractivity contribution is 5.78. The zero-order chi connectivity index (χ0) is 12.3. The van der Waals surface area contributed by atoms with E-state index >= 15 is 0 Å². The summed E-state index contributed by atoms with van der Waals surface area (Å²) in [5.74, 6) is 0.920. The van der Waals surface area contributed by atoms with Crippen LogP contribution in [0.4, 0.5) is 0 Å². The predicted octanol–water partition coefficient (Wildman–Crippen LogP) is 0.702. The largest absolute Gasteiger partial charge is 0.393 e. The first-order chi connectivity index (χ1) is 8.15. The first-order valence-corrected chi connectivity index (χ1v) is 6.83. The van der Waals surface area contributed by atoms with Gasteiger partial charge in [0, 0.05) is 26.2 Å². The van der Waals surface area contributed by atoms with Gasteiger partial charge in [0.1, 0.15) is 0 Å². The van der Waals surface area contributed by atoms with Gasteiger partial charge in [0.15, 0.2) is 0 Å². The molecule has 4 nitrogen and oxygen atoms in total. The Morgan fingerprint density at radius 3 is 2.59 bits per heavy atom. The quantitative estimate of drug-likeness (QED) is 0.773. The lowest BCUT2D eigenvalue weighted by atomic mass is 10.0. The summed E-state index contributed by atoms with van der Waals surface area (Å²) in [5, 5.41) is 9.42. The molecule has 98 valence electrons. The molecule has 0 spiro atoms. The normalized spacial score (nSPS) is 28.4. The maximum absolute atomic E-state index is 12.1. The number of aliphatic hydroxyl groups is 1. The number of piperidine rings is 2. The first-order valence-electron chi connectivity index (χ1n) is 6.83. The lowest BCUT2D eigenvalue weighted by molar-refractivity contribution is -0.134. The van der Waals surface area contributed by atoms with Crippen molar-refractivity contribution in [2.75, 3.05) is 32.7 Å². The second kappa shape index (κ2) is 5.83. The third-order valence-corrected chi connectivity index (χ3v) is 3.93. The first kappa shape index (κ1) is 12.8. The second-order valence-electron chi connectivity index (χ2n) is 5.59. The lowest BCUT2D eigenvalue weighted by Gasteiger charge is -2.34. The van der Waals surface area contributed by atoms with Crippen molar-refractivity contribution in [3.05, 3.63) is 0 Å². The molecule has 4 heteroatoms. The van der Waals surface area contributed by atoms with Gasteiger partial charge in [0.2, 0.25) is 5.91 Å². The molecule has 1 amide bonds. The van der Waals surface area contributed by atoms with Gasteiger partial charge in [-0.1, -0.05) is 6.92 Å². The number of aliphatic hydroxyl groups excluding tert-OH is 1. The van der Waals surface area contributed by atoms with Crippen LogP contribution >= 0.6 is 0 Å². The number of nitrogens with zero attached hydrogens (tertiary/aromatic N) is 2. The smallest absolute Gasteiger partial charge is 0.236 e. The number of hydrogen-bond donors (Lipinski definition) is 1. The van der Waals surface area contributed by atoms with Crippen molar-refractivity contribution in [3.8, 4) is 0 Å². The third kappa shape index (κ3) is 3.68. The summed E-state index contributed by atoms with van der Waals surface area (Å²) >= 11 is 0. The van der Waals surface area contributed by atoms with Gasteiger partial charge in [0.25, 0.3) is 0 Å². The van der Waals surface area contributed by atoms with E-state index in [0.717, 1.165) is 45.4 Å². The van der Waals surface area contributed by atoms with Crippen LogP contribution in [0.25, 0.3) is 0 Å². The summed E-state index contributed by atoms with van der Waals surface area (Å²) in [7, 11) is 0. The van der Waals surface area contributed by atoms with Crippen molar-refractivity contribution in [3.63, 3.8) is 0 Å². The van der Waals surface area contributed by atoms with E-state index in [2.05, 4.69) is 11.8 Å². The van der Waals surface area contributed by atoms with Crippen LogP contribution in [0.2, 0.25) is 0 Å². The molecule has 2 fully saturated rings. The summed E-state index contributed by atoms with van der Waals surface area (Å²) in [6.45, 7) is 6.33. The van der Waals surface area contributed by atoms with Crippen molar-refractivity contribution in [1.82, 2.24) is 9.80 Å². The van der Waals surface area contributed by atoms with Crippen molar-refractivity contribution in [2.45, 2.75) is 38.7 Å². The Balaban J connectivity index is 1.76. The van der Waals surface area contributed by atoms with Crippen LogP contribution < -0.4 is 0 Å². The van der Waals surface area contributed by atoms with Crippen molar-refractivity contribution in [1.29, 1.82) is 0 Å². The molecule has 1 unspecified atom stereocenters. The van der Waals surface area contributed by atoms with E-state index in [9.17, 15) is 9.90 Å². The van der Waals surface area contributed by atoms with Gasteiger partial charge >= 0.3 is 0 Å². The van der Waals surface area contributed by atoms with Crippen LogP contribution in [0.5, 0.6) is 0 Å². The maximum atomic E-state index is 12.1. The average molecular weight is 240 g/mol. The molecule has 2 rings (SSSR count). The number of carbonyl (C=O) groups is 1. The Labute approximate surface area is 104 Å². The van der Waals surface area contributed by atoms with Gasteiger partial charge in [-0.3, -0.25) is 9.69 Å². The number of hydrogen-bond acceptors (Lipinski definition) is 3. The van der Waals surface area contributed by atoms with E-state index in [0.29, 0.717) is 12.5 Å². The highest BCUT2D eigenvalue weighted by Gasteiger charge is 2.24. The lowest BCUT2D eigenvalue weighted by Crippen LogP contribution is -2.47. The monoisotopic (exact) mass is 240 g/mol. The third-order valence-electron chi connectivity index (χ3n) is 3.93. The molecule has 2 heterocycles. The highest BCUT2D eigenvalue weighted by atomic mass is 16.3. The van der Waals surface area contributed by atoms with E-state index in [1.807, 2.05) is 4.90 Å². The van der Waals surface area contributed by atoms with E-state index in [4.69, 9.17) is 0 Å². The van der Waals surface area contributed by atoms with Crippen LogP contribution in [0, 0.1) is 5.92 Å². The Morgan fingerprint density at radius 2 is 1.94 bits per heavy atom. The van der Waals surface area contributed by atoms with Gasteiger partial charge < -0.3 is 10.0 Å². The minimum absolute atomic E-state index is 0.156. The molecule has 2 saturated heterocycles. The van der Waals surface area contributed by atoms with Gasteiger partial charge in [0.05, 0.1) is 12.6 Å². The van der Waals surface area contributed by atoms with Gasteiger partial charge in [-0.25, -0.2) is 0 Å². The Morgan fingerprint density at radius 1 is 1.24 bits per heavy atom. The second-order valence-corrected chi connectivity index (χ2v) is 5.59. The van der Waals surface area contributed by atoms with E-state index in [-0.39, 0.29) is 12.0 Å². The molecule has 0 aromatic rings. The molecule has 0 aliphatic carbocycles. The minimum atomic E-state index is -0.156. The van der Waals surface area contributed by atoms with Crippen LogP contribution in [0.1, 0.15) is 32.6 Å². The standard InChI is InChI=1S/C13H24N2O2/c1-11-3-2-6-15(9-11)13(17)10-14-7-4-12(16)5-8-14/h11-12,16H,2-10H2,1H3. The summed E-state index contributed by atoms with van der Waals surface area (Å²) in [6, 6.07) is 0. The summed E-state index contributed by atoms with van der Waals surface area (Å²) in [6.07, 6.45) is 3.86. The molecule has 1 atom stereocenters. The van der Waals surface area contributed by atoms with Crippen LogP contribution in [-0.4, -0.2) is 59.6 Å². The number of rotatable bonds is 2. The SMILES string of the molecule is CC1CCCN(C(=O)CN2CCC(O)CC2)C1. The number of carbonyl (C=O) groups excluding carboxylic acids is 1. The average Bonchev–Trinajstić information content (AvgIpc) is 2.32. The summed E-state index contributed by atoms with van der Waals surface area (Å²) in [4.78, 5) is 16.3. The van der Waals surface area contributed by atoms with Gasteiger partial charge in [-0.05, 0) is 31.6 Å². The summed E-state index contributed by atoms with van der Waals surface area (Å²) < 4.78 is 0. The predicted molar refractivity (Wildman–Crippen MR) is 66.7 cm³/mol. The van der Waals surface area contributed by atoms with E-state index in [1.165, 1.54) is 6.42 Å². The van der Waals surface area contributed by atoms with E-state index in [1.54, 1.807) is 0 Å². The van der Waals surface area contributed by atoms with Crippen LogP contribution in [0.15, 0.2) is 0 Å². The fourth-order valence-corrected chi connectivity index (χ4v) is 2.78. The number of amides is 1. The summed E-state index contributed by atoms with van der Waals surface area (Å²) in [5.41, 5.74) is 0. The van der Waals surface area contributed by atoms with Gasteiger partial charge in [-0.2, -0.15) is 0 Å². The zero-order valence-electron chi connectivity index (χ0n) is 10.8. The molecule has 2 aliphatic heterocycles. The molecular weight excluding hydrogens is 216 g/mol. The molecule has 0 aromatic heterocycles. The van der Waals surface area contributed by atoms with Crippen molar-refractivity contribution in [2.24, 2.45) is 5.92 Å². The Bertz CT molecular complexity index is 262. The Kier molecular flexibility index (Phi) is 4.40. The molecular formula is C13H24N2O2. The van der Waals surface area contributed by atoms with Crippen LogP contribution in [0.3, 0.4) is 0 Å². The van der Waals surface area contributed by atoms with E-state index < -0.39 is 0 Å². The minimum Gasteiger partial charge on any atom is -0.393 e. The zero-order valence-corrected chi connectivity index (χ0v) is 10.8. The highest BCUT2D eigenvalue weighted by Crippen LogP contribution is 2.16. The maximum Gasteiger partial charge on any atom is 0.236 e. The fourth-order valence-electron chi connectivity index (χ4n) is 2.78. The van der Waals surface area contributed by atoms with Crippen LogP contribution in [-0.2, 0) is 4.79 Å². The molecule has 1 N–H and O–H groups in total. The number of likely N-dealkylation sites (tertiary alicyclic amines) is 2. The fraction of sp³-hybridized carbons (Fsp3) is 0.923. The Hall–Kier alpha value is -0.610. The van der Waals surface area contributed by atoms with Crippen molar-refractivity contribution < 1.29 is 9.90 Å². The molecule has 17 heavy (non-hydrogen) atoms. The molecule has 0 bridgehead atoms. The van der Waals surface area contributed by atoms with Crippen molar-refractivity contribution >= 4 is 5.91 Å². The van der Waals surface area contributed by atoms with Gasteiger partial charge in [-0.15, -0.1) is 0 Å². The molecule has 0 saturated carbocycles. The molecule has 0 aromatic carbocycles. The molecule has 0 radical (unpaired) electrons. The molecule has 2 aliphatic rings. The topological polar surface area (TPSA) is 43.8 Å².